The second kappa shape index (κ2) is 5.06. The van der Waals surface area contributed by atoms with Crippen LogP contribution in [0, 0.1) is 6.92 Å². The Morgan fingerprint density at radius 3 is 2.42 bits per heavy atom. The molecule has 0 atom stereocenters. The van der Waals surface area contributed by atoms with Crippen molar-refractivity contribution in [3.8, 4) is 11.3 Å². The van der Waals surface area contributed by atoms with Crippen LogP contribution in [0.4, 0.5) is 0 Å². The molecule has 0 radical (unpaired) electrons. The van der Waals surface area contributed by atoms with E-state index in [1.54, 1.807) is 4.80 Å². The van der Waals surface area contributed by atoms with Crippen LogP contribution in [0.2, 0.25) is 0 Å². The smallest absolute Gasteiger partial charge is 0.113 e. The lowest BCUT2D eigenvalue weighted by Crippen LogP contribution is -2.03. The van der Waals surface area contributed by atoms with Crippen molar-refractivity contribution in [1.82, 2.24) is 15.0 Å². The highest BCUT2D eigenvalue weighted by molar-refractivity contribution is 5.57. The van der Waals surface area contributed by atoms with Gasteiger partial charge in [0.05, 0.1) is 12.7 Å². The van der Waals surface area contributed by atoms with Crippen LogP contribution >= 0.6 is 0 Å². The molecule has 0 saturated heterocycles. The number of aromatic nitrogens is 3. The fourth-order valence-electron chi connectivity index (χ4n) is 1.98. The fraction of sp³-hybridized carbons (Fsp3) is 0.125. The van der Waals surface area contributed by atoms with Gasteiger partial charge in [-0.1, -0.05) is 60.2 Å². The Balaban J connectivity index is 1.82. The van der Waals surface area contributed by atoms with Crippen molar-refractivity contribution < 1.29 is 0 Å². The highest BCUT2D eigenvalue weighted by Gasteiger charge is 2.03. The molecule has 2 aromatic carbocycles. The monoisotopic (exact) mass is 249 g/mol. The van der Waals surface area contributed by atoms with Crippen LogP contribution in [-0.4, -0.2) is 15.0 Å². The van der Waals surface area contributed by atoms with E-state index in [9.17, 15) is 0 Å². The maximum atomic E-state index is 4.51. The van der Waals surface area contributed by atoms with Crippen molar-refractivity contribution in [1.29, 1.82) is 0 Å². The van der Waals surface area contributed by atoms with Gasteiger partial charge in [-0.05, 0) is 12.5 Å². The van der Waals surface area contributed by atoms with Gasteiger partial charge in [-0.15, -0.1) is 0 Å². The molecule has 0 N–H and O–H groups in total. The van der Waals surface area contributed by atoms with E-state index >= 15 is 0 Å². The molecule has 0 fully saturated rings. The molecule has 1 heterocycles. The Hall–Kier alpha value is -2.42. The second-order valence-electron chi connectivity index (χ2n) is 4.61. The first-order valence-corrected chi connectivity index (χ1v) is 6.32. The molecule has 0 saturated carbocycles. The zero-order valence-corrected chi connectivity index (χ0v) is 10.8. The van der Waals surface area contributed by atoms with E-state index in [2.05, 4.69) is 53.5 Å². The van der Waals surface area contributed by atoms with Crippen LogP contribution in [-0.2, 0) is 6.54 Å². The van der Waals surface area contributed by atoms with Gasteiger partial charge in [0.2, 0.25) is 0 Å². The number of benzene rings is 2. The van der Waals surface area contributed by atoms with Crippen molar-refractivity contribution in [2.75, 3.05) is 0 Å². The van der Waals surface area contributed by atoms with Crippen LogP contribution < -0.4 is 0 Å². The molecule has 0 aliphatic heterocycles. The van der Waals surface area contributed by atoms with Gasteiger partial charge in [-0.3, -0.25) is 0 Å². The minimum atomic E-state index is 0.701. The van der Waals surface area contributed by atoms with Crippen LogP contribution in [0.1, 0.15) is 11.1 Å². The number of hydrogen-bond acceptors (Lipinski definition) is 2. The second-order valence-corrected chi connectivity index (χ2v) is 4.61. The highest BCUT2D eigenvalue weighted by Crippen LogP contribution is 2.16. The van der Waals surface area contributed by atoms with Crippen LogP contribution in [0.5, 0.6) is 0 Å². The SMILES string of the molecule is Cc1ccc(-c2cnn(Cc3ccccc3)n2)cc1. The zero-order chi connectivity index (χ0) is 13.1. The van der Waals surface area contributed by atoms with E-state index in [1.165, 1.54) is 11.1 Å². The van der Waals surface area contributed by atoms with E-state index in [-0.39, 0.29) is 0 Å². The molecular weight excluding hydrogens is 234 g/mol. The van der Waals surface area contributed by atoms with Crippen molar-refractivity contribution in [2.45, 2.75) is 13.5 Å². The Labute approximate surface area is 112 Å². The average Bonchev–Trinajstić information content (AvgIpc) is 2.89. The van der Waals surface area contributed by atoms with E-state index in [4.69, 9.17) is 0 Å². The molecule has 0 bridgehead atoms. The average molecular weight is 249 g/mol. The standard InChI is InChI=1S/C16H15N3/c1-13-7-9-15(10-8-13)16-11-17-19(18-16)12-14-5-3-2-4-6-14/h2-11H,12H2,1H3. The fourth-order valence-corrected chi connectivity index (χ4v) is 1.98. The number of nitrogens with zero attached hydrogens (tertiary/aromatic N) is 3. The van der Waals surface area contributed by atoms with E-state index in [1.807, 2.05) is 24.4 Å². The lowest BCUT2D eigenvalue weighted by Gasteiger charge is -2.00. The van der Waals surface area contributed by atoms with E-state index in [0.29, 0.717) is 6.54 Å². The topological polar surface area (TPSA) is 30.7 Å². The van der Waals surface area contributed by atoms with Crippen molar-refractivity contribution in [3.63, 3.8) is 0 Å². The van der Waals surface area contributed by atoms with Crippen LogP contribution in [0.3, 0.4) is 0 Å². The minimum Gasteiger partial charge on any atom is -0.180 e. The van der Waals surface area contributed by atoms with Gasteiger partial charge in [0.25, 0.3) is 0 Å². The Morgan fingerprint density at radius 1 is 0.947 bits per heavy atom. The van der Waals surface area contributed by atoms with Gasteiger partial charge in [0, 0.05) is 5.56 Å². The Kier molecular flexibility index (Phi) is 3.11. The van der Waals surface area contributed by atoms with Crippen molar-refractivity contribution >= 4 is 0 Å². The van der Waals surface area contributed by atoms with Gasteiger partial charge in [-0.2, -0.15) is 15.0 Å². The molecule has 3 heteroatoms. The summed E-state index contributed by atoms with van der Waals surface area (Å²) in [7, 11) is 0. The summed E-state index contributed by atoms with van der Waals surface area (Å²) in [5, 5.41) is 8.83. The summed E-state index contributed by atoms with van der Waals surface area (Å²) in [6, 6.07) is 18.6. The van der Waals surface area contributed by atoms with Crippen LogP contribution in [0.25, 0.3) is 11.3 Å². The van der Waals surface area contributed by atoms with Crippen LogP contribution in [0.15, 0.2) is 60.8 Å². The predicted octanol–water partition coefficient (Wildman–Crippen LogP) is 3.30. The van der Waals surface area contributed by atoms with Crippen molar-refractivity contribution in [3.05, 3.63) is 71.9 Å². The molecule has 0 aliphatic rings. The molecule has 3 aromatic rings. The van der Waals surface area contributed by atoms with E-state index < -0.39 is 0 Å². The maximum Gasteiger partial charge on any atom is 0.113 e. The number of hydrogen-bond donors (Lipinski definition) is 0. The molecule has 0 spiro atoms. The third-order valence-corrected chi connectivity index (χ3v) is 3.05. The highest BCUT2D eigenvalue weighted by atomic mass is 15.5. The molecule has 0 amide bonds. The lowest BCUT2D eigenvalue weighted by atomic mass is 10.1. The number of aryl methyl sites for hydroxylation is 1. The van der Waals surface area contributed by atoms with Gasteiger partial charge in [-0.25, -0.2) is 0 Å². The predicted molar refractivity (Wildman–Crippen MR) is 75.7 cm³/mol. The Morgan fingerprint density at radius 2 is 1.68 bits per heavy atom. The third kappa shape index (κ3) is 2.71. The quantitative estimate of drug-likeness (QED) is 0.713. The lowest BCUT2D eigenvalue weighted by molar-refractivity contribution is 0.592. The third-order valence-electron chi connectivity index (χ3n) is 3.05. The van der Waals surface area contributed by atoms with Gasteiger partial charge < -0.3 is 0 Å². The first kappa shape index (κ1) is 11.7. The Bertz CT molecular complexity index is 654. The molecule has 3 rings (SSSR count). The maximum absolute atomic E-state index is 4.51. The minimum absolute atomic E-state index is 0.701. The molecule has 19 heavy (non-hydrogen) atoms. The summed E-state index contributed by atoms with van der Waals surface area (Å²) in [6.45, 7) is 2.78. The summed E-state index contributed by atoms with van der Waals surface area (Å²) >= 11 is 0. The summed E-state index contributed by atoms with van der Waals surface area (Å²) in [5.41, 5.74) is 4.47. The first-order chi connectivity index (χ1) is 9.31. The van der Waals surface area contributed by atoms with Gasteiger partial charge in [0.1, 0.15) is 5.69 Å². The molecule has 0 unspecified atom stereocenters. The summed E-state index contributed by atoms with van der Waals surface area (Å²) in [6.07, 6.45) is 1.81. The van der Waals surface area contributed by atoms with Gasteiger partial charge >= 0.3 is 0 Å². The summed E-state index contributed by atoms with van der Waals surface area (Å²) < 4.78 is 0. The summed E-state index contributed by atoms with van der Waals surface area (Å²) in [4.78, 5) is 1.73. The number of rotatable bonds is 3. The largest absolute Gasteiger partial charge is 0.180 e. The normalized spacial score (nSPS) is 10.6. The zero-order valence-electron chi connectivity index (χ0n) is 10.8. The molecule has 0 aliphatic carbocycles. The molecule has 1 aromatic heterocycles. The van der Waals surface area contributed by atoms with E-state index in [0.717, 1.165) is 11.3 Å². The first-order valence-electron chi connectivity index (χ1n) is 6.32. The molecular formula is C16H15N3. The molecule has 3 nitrogen and oxygen atoms in total. The molecule has 94 valence electrons. The van der Waals surface area contributed by atoms with Gasteiger partial charge in [0.15, 0.2) is 0 Å². The van der Waals surface area contributed by atoms with Crippen molar-refractivity contribution in [2.24, 2.45) is 0 Å². The summed E-state index contributed by atoms with van der Waals surface area (Å²) in [5.74, 6) is 0.